The van der Waals surface area contributed by atoms with Crippen molar-refractivity contribution in [2.24, 2.45) is 5.92 Å². The number of anilines is 1. The average Bonchev–Trinajstić information content (AvgIpc) is 3.21. The third-order valence-corrected chi connectivity index (χ3v) is 5.25. The van der Waals surface area contributed by atoms with Gasteiger partial charge in [0.25, 0.3) is 5.91 Å². The van der Waals surface area contributed by atoms with Crippen LogP contribution in [-0.4, -0.2) is 62.7 Å². The first-order valence-electron chi connectivity index (χ1n) is 11.4. The molecule has 1 aromatic carbocycles. The predicted octanol–water partition coefficient (Wildman–Crippen LogP) is 2.34. The number of aromatic nitrogens is 2. The van der Waals surface area contributed by atoms with Gasteiger partial charge in [0.15, 0.2) is 17.4 Å². The number of rotatable bonds is 11. The summed E-state index contributed by atoms with van der Waals surface area (Å²) in [5, 5.41) is 21.2. The van der Waals surface area contributed by atoms with Crippen LogP contribution in [0.5, 0.6) is 11.5 Å². The average molecular weight is 507 g/mol. The SMILES string of the molecule is CCOc1ccc(F)c(OC2=CC(=O)N([C@@H](CC(C)C)C(=O)Nc3cnc([C@H](O)CO)cn3)C2)c1F. The van der Waals surface area contributed by atoms with Crippen LogP contribution in [0.4, 0.5) is 14.6 Å². The van der Waals surface area contributed by atoms with Crippen LogP contribution in [0, 0.1) is 17.6 Å². The number of nitrogens with one attached hydrogen (secondary N) is 1. The maximum absolute atomic E-state index is 14.6. The molecule has 3 rings (SSSR count). The Morgan fingerprint density at radius 2 is 2.00 bits per heavy atom. The zero-order valence-corrected chi connectivity index (χ0v) is 20.1. The molecule has 0 bridgehead atoms. The Hall–Kier alpha value is -3.64. The minimum Gasteiger partial charge on any atom is -0.491 e. The molecule has 0 unspecified atom stereocenters. The summed E-state index contributed by atoms with van der Waals surface area (Å²) in [6.45, 7) is 4.85. The number of hydrogen-bond donors (Lipinski definition) is 3. The highest BCUT2D eigenvalue weighted by Crippen LogP contribution is 2.32. The molecule has 0 spiro atoms. The van der Waals surface area contributed by atoms with Gasteiger partial charge in [0.1, 0.15) is 17.9 Å². The molecule has 1 aliphatic heterocycles. The lowest BCUT2D eigenvalue weighted by atomic mass is 10.0. The summed E-state index contributed by atoms with van der Waals surface area (Å²) in [6, 6.07) is 1.20. The largest absolute Gasteiger partial charge is 0.491 e. The fourth-order valence-electron chi connectivity index (χ4n) is 3.54. The lowest BCUT2D eigenvalue weighted by molar-refractivity contribution is -0.133. The number of halogens is 2. The molecule has 0 aliphatic carbocycles. The van der Waals surface area contributed by atoms with Crippen LogP contribution in [0.1, 0.15) is 39.0 Å². The predicted molar refractivity (Wildman–Crippen MR) is 124 cm³/mol. The highest BCUT2D eigenvalue weighted by Gasteiger charge is 2.35. The Labute approximate surface area is 206 Å². The van der Waals surface area contributed by atoms with E-state index >= 15 is 0 Å². The molecule has 0 radical (unpaired) electrons. The molecule has 194 valence electrons. The highest BCUT2D eigenvalue weighted by atomic mass is 19.1. The van der Waals surface area contributed by atoms with E-state index in [1.165, 1.54) is 17.3 Å². The van der Waals surface area contributed by atoms with Gasteiger partial charge in [-0.3, -0.25) is 14.6 Å². The molecule has 12 heteroatoms. The van der Waals surface area contributed by atoms with Gasteiger partial charge in [-0.25, -0.2) is 9.37 Å². The van der Waals surface area contributed by atoms with Gasteiger partial charge in [0, 0.05) is 6.08 Å². The molecule has 10 nitrogen and oxygen atoms in total. The minimum atomic E-state index is -1.20. The standard InChI is InChI=1S/C24H28F2N4O6/c1-4-35-19-6-5-15(25)23(22(19)26)36-14-8-21(33)30(11-14)17(7-13(2)3)24(34)29-20-10-27-16(9-28-20)18(32)12-31/h5-6,8-10,13,17-18,31-32H,4,7,11-12H2,1-3H3,(H,28,29,34)/t17-,18+/m0/s1. The van der Waals surface area contributed by atoms with Crippen molar-refractivity contribution < 1.29 is 38.1 Å². The third-order valence-electron chi connectivity index (χ3n) is 5.25. The number of carbonyl (C=O) groups excluding carboxylic acids is 2. The molecule has 36 heavy (non-hydrogen) atoms. The second-order valence-corrected chi connectivity index (χ2v) is 8.46. The van der Waals surface area contributed by atoms with E-state index in [1.54, 1.807) is 6.92 Å². The second kappa shape index (κ2) is 11.9. The number of aliphatic hydroxyl groups is 2. The number of aliphatic hydroxyl groups excluding tert-OH is 2. The van der Waals surface area contributed by atoms with E-state index in [1.807, 2.05) is 13.8 Å². The number of nitrogens with zero attached hydrogens (tertiary/aromatic N) is 3. The van der Waals surface area contributed by atoms with Gasteiger partial charge >= 0.3 is 0 Å². The highest BCUT2D eigenvalue weighted by molar-refractivity contribution is 5.99. The van der Waals surface area contributed by atoms with Crippen molar-refractivity contribution >= 4 is 17.6 Å². The monoisotopic (exact) mass is 506 g/mol. The van der Waals surface area contributed by atoms with Gasteiger partial charge in [-0.05, 0) is 31.4 Å². The smallest absolute Gasteiger partial charge is 0.251 e. The van der Waals surface area contributed by atoms with Crippen LogP contribution < -0.4 is 14.8 Å². The lowest BCUT2D eigenvalue weighted by Crippen LogP contribution is -2.46. The number of ether oxygens (including phenoxy) is 2. The molecule has 2 heterocycles. The van der Waals surface area contributed by atoms with E-state index in [0.717, 1.165) is 18.2 Å². The number of carbonyl (C=O) groups is 2. The Bertz CT molecular complexity index is 1130. The Kier molecular flexibility index (Phi) is 8.88. The van der Waals surface area contributed by atoms with Crippen molar-refractivity contribution in [1.82, 2.24) is 14.9 Å². The molecule has 2 aromatic rings. The van der Waals surface area contributed by atoms with Crippen molar-refractivity contribution in [2.45, 2.75) is 39.3 Å². The van der Waals surface area contributed by atoms with Crippen molar-refractivity contribution in [3.8, 4) is 11.5 Å². The van der Waals surface area contributed by atoms with Gasteiger partial charge < -0.3 is 29.9 Å². The topological polar surface area (TPSA) is 134 Å². The number of amides is 2. The molecule has 2 atom stereocenters. The van der Waals surface area contributed by atoms with E-state index in [0.29, 0.717) is 0 Å². The maximum atomic E-state index is 14.6. The summed E-state index contributed by atoms with van der Waals surface area (Å²) in [5.74, 6) is -3.93. The lowest BCUT2D eigenvalue weighted by Gasteiger charge is -2.28. The van der Waals surface area contributed by atoms with Gasteiger partial charge in [-0.2, -0.15) is 4.39 Å². The summed E-state index contributed by atoms with van der Waals surface area (Å²) in [4.78, 5) is 35.0. The van der Waals surface area contributed by atoms with Crippen molar-refractivity contribution in [3.63, 3.8) is 0 Å². The zero-order chi connectivity index (χ0) is 26.4. The first-order valence-corrected chi connectivity index (χ1v) is 11.4. The quantitative estimate of drug-likeness (QED) is 0.423. The first-order chi connectivity index (χ1) is 17.1. The van der Waals surface area contributed by atoms with Crippen LogP contribution in [-0.2, 0) is 9.59 Å². The van der Waals surface area contributed by atoms with Gasteiger partial charge in [0.05, 0.1) is 37.8 Å². The van der Waals surface area contributed by atoms with Crippen LogP contribution in [0.15, 0.2) is 36.4 Å². The molecular weight excluding hydrogens is 478 g/mol. The van der Waals surface area contributed by atoms with Crippen LogP contribution in [0.25, 0.3) is 0 Å². The number of benzene rings is 1. The van der Waals surface area contributed by atoms with Crippen molar-refractivity contribution in [3.05, 3.63) is 53.7 Å². The van der Waals surface area contributed by atoms with Crippen molar-refractivity contribution in [1.29, 1.82) is 0 Å². The molecule has 1 aliphatic rings. The van der Waals surface area contributed by atoms with E-state index in [-0.39, 0.29) is 48.5 Å². The molecule has 0 fully saturated rings. The van der Waals surface area contributed by atoms with Gasteiger partial charge in [0.2, 0.25) is 17.5 Å². The van der Waals surface area contributed by atoms with Crippen LogP contribution >= 0.6 is 0 Å². The molecular formula is C24H28F2N4O6. The van der Waals surface area contributed by atoms with Gasteiger partial charge in [-0.1, -0.05) is 13.8 Å². The van der Waals surface area contributed by atoms with Gasteiger partial charge in [-0.15, -0.1) is 0 Å². The molecule has 2 amide bonds. The molecule has 0 saturated heterocycles. The van der Waals surface area contributed by atoms with Crippen LogP contribution in [0.3, 0.4) is 0 Å². The Morgan fingerprint density at radius 1 is 1.25 bits per heavy atom. The summed E-state index contributed by atoms with van der Waals surface area (Å²) in [6.07, 6.45) is 2.59. The molecule has 3 N–H and O–H groups in total. The zero-order valence-electron chi connectivity index (χ0n) is 20.1. The number of hydrogen-bond acceptors (Lipinski definition) is 8. The van der Waals surface area contributed by atoms with Crippen molar-refractivity contribution in [2.75, 3.05) is 25.1 Å². The Balaban J connectivity index is 1.75. The minimum absolute atomic E-state index is 0.0180. The van der Waals surface area contributed by atoms with E-state index in [9.17, 15) is 23.5 Å². The normalized spacial score (nSPS) is 15.1. The van der Waals surface area contributed by atoms with E-state index in [2.05, 4.69) is 15.3 Å². The van der Waals surface area contributed by atoms with E-state index in [4.69, 9.17) is 14.6 Å². The fraction of sp³-hybridized carbons (Fsp3) is 0.417. The first kappa shape index (κ1) is 27.0. The van der Waals surface area contributed by atoms with Crippen LogP contribution in [0.2, 0.25) is 0 Å². The summed E-state index contributed by atoms with van der Waals surface area (Å²) in [7, 11) is 0. The maximum Gasteiger partial charge on any atom is 0.251 e. The summed E-state index contributed by atoms with van der Waals surface area (Å²) in [5.41, 5.74) is 0.128. The molecule has 0 saturated carbocycles. The summed E-state index contributed by atoms with van der Waals surface area (Å²) >= 11 is 0. The Morgan fingerprint density at radius 3 is 2.61 bits per heavy atom. The second-order valence-electron chi connectivity index (χ2n) is 8.46. The van der Waals surface area contributed by atoms with E-state index < -0.39 is 48.0 Å². The molecule has 1 aromatic heterocycles. The fourth-order valence-corrected chi connectivity index (χ4v) is 3.54. The third kappa shape index (κ3) is 6.32. The summed E-state index contributed by atoms with van der Waals surface area (Å²) < 4.78 is 39.4.